The van der Waals surface area contributed by atoms with Crippen molar-refractivity contribution >= 4 is 7.92 Å². The van der Waals surface area contributed by atoms with Gasteiger partial charge in [-0.1, -0.05) is 49.5 Å². The zero-order valence-electron chi connectivity index (χ0n) is 12.7. The molecule has 0 bridgehead atoms. The largest absolute Gasteiger partial charge is 1.00 e. The minimum Gasteiger partial charge on any atom is -1.00 e. The molecular formula is C13H31ClNP. The molecular weight excluding hydrogens is 237 g/mol. The fourth-order valence-electron chi connectivity index (χ4n) is 2.08. The lowest BCUT2D eigenvalue weighted by molar-refractivity contribution is -0.867. The van der Waals surface area contributed by atoms with Gasteiger partial charge in [0.15, 0.2) is 0 Å². The molecule has 0 unspecified atom stereocenters. The number of nitrogens with zero attached hydrogens (tertiary/aromatic N) is 1. The monoisotopic (exact) mass is 267 g/mol. The first-order chi connectivity index (χ1) is 6.34. The lowest BCUT2D eigenvalue weighted by Crippen LogP contribution is -3.00. The minimum absolute atomic E-state index is 0. The highest BCUT2D eigenvalue weighted by Crippen LogP contribution is 2.58. The predicted molar refractivity (Wildman–Crippen MR) is 74.2 cm³/mol. The summed E-state index contributed by atoms with van der Waals surface area (Å²) < 4.78 is 1.09. The fraction of sp³-hybridized carbons (Fsp3) is 1.00. The highest BCUT2D eigenvalue weighted by Gasteiger charge is 2.34. The minimum atomic E-state index is 0. The molecule has 0 fully saturated rings. The molecule has 3 heteroatoms. The second kappa shape index (κ2) is 6.03. The van der Waals surface area contributed by atoms with Crippen LogP contribution in [0.4, 0.5) is 0 Å². The van der Waals surface area contributed by atoms with E-state index in [9.17, 15) is 0 Å². The quantitative estimate of drug-likeness (QED) is 0.524. The molecule has 0 N–H and O–H groups in total. The van der Waals surface area contributed by atoms with Gasteiger partial charge >= 0.3 is 0 Å². The van der Waals surface area contributed by atoms with Gasteiger partial charge in [-0.2, -0.15) is 0 Å². The first kappa shape index (κ1) is 19.0. The van der Waals surface area contributed by atoms with Crippen LogP contribution >= 0.6 is 7.92 Å². The Hall–Kier alpha value is 0.680. The average molecular weight is 268 g/mol. The van der Waals surface area contributed by atoms with Crippen LogP contribution in [0.25, 0.3) is 0 Å². The van der Waals surface area contributed by atoms with Crippen LogP contribution in [0, 0.1) is 0 Å². The van der Waals surface area contributed by atoms with Crippen LogP contribution in [0.5, 0.6) is 0 Å². The molecule has 100 valence electrons. The molecule has 0 aromatic rings. The van der Waals surface area contributed by atoms with E-state index < -0.39 is 0 Å². The summed E-state index contributed by atoms with van der Waals surface area (Å²) in [6, 6.07) is 0. The molecule has 0 aromatic heterocycles. The summed E-state index contributed by atoms with van der Waals surface area (Å²) in [6.45, 7) is 15.7. The van der Waals surface area contributed by atoms with Gasteiger partial charge in [-0.3, -0.25) is 0 Å². The summed E-state index contributed by atoms with van der Waals surface area (Å²) in [5.41, 5.74) is 0. The Morgan fingerprint density at radius 1 is 0.812 bits per heavy atom. The Bertz CT molecular complexity index is 181. The normalized spacial score (nSPS) is 13.9. The summed E-state index contributed by atoms with van der Waals surface area (Å²) in [6.07, 6.45) is 1.38. The zero-order chi connectivity index (χ0) is 12.5. The molecule has 0 aliphatic heterocycles. The second-order valence-corrected chi connectivity index (χ2v) is 11.5. The van der Waals surface area contributed by atoms with E-state index in [1.165, 1.54) is 12.7 Å². The van der Waals surface area contributed by atoms with Crippen LogP contribution in [0.3, 0.4) is 0 Å². The Kier molecular flexibility index (Phi) is 7.17. The van der Waals surface area contributed by atoms with Crippen molar-refractivity contribution in [2.45, 2.75) is 51.9 Å². The first-order valence-electron chi connectivity index (χ1n) is 5.92. The third kappa shape index (κ3) is 7.87. The molecule has 0 amide bonds. The summed E-state index contributed by atoms with van der Waals surface area (Å²) in [5, 5.41) is 0.950. The van der Waals surface area contributed by atoms with E-state index in [0.29, 0.717) is 10.3 Å². The maximum absolute atomic E-state index is 2.40. The van der Waals surface area contributed by atoms with Crippen LogP contribution in [0.1, 0.15) is 41.5 Å². The molecule has 0 heterocycles. The molecule has 0 atom stereocenters. The average Bonchev–Trinajstić information content (AvgIpc) is 1.75. The molecule has 0 aliphatic carbocycles. The van der Waals surface area contributed by atoms with Crippen molar-refractivity contribution < 1.29 is 16.9 Å². The van der Waals surface area contributed by atoms with Gasteiger partial charge in [0.2, 0.25) is 0 Å². The van der Waals surface area contributed by atoms with Gasteiger partial charge in [-0.15, -0.1) is 0 Å². The van der Waals surface area contributed by atoms with E-state index in [1.807, 2.05) is 0 Å². The standard InChI is InChI=1S/C13H31NP.ClH/c1-12(2,3)15(13(4,5)6)11-10-14(7,8)9;/h10-11H2,1-9H3;1H/q+1;/p-1. The smallest absolute Gasteiger partial charge is 0.0820 e. The van der Waals surface area contributed by atoms with Gasteiger partial charge in [-0.05, 0) is 10.3 Å². The van der Waals surface area contributed by atoms with Crippen molar-refractivity contribution in [3.63, 3.8) is 0 Å². The summed E-state index contributed by atoms with van der Waals surface area (Å²) in [4.78, 5) is 0. The van der Waals surface area contributed by atoms with E-state index >= 15 is 0 Å². The van der Waals surface area contributed by atoms with Crippen molar-refractivity contribution in [2.75, 3.05) is 33.8 Å². The third-order valence-electron chi connectivity index (χ3n) is 2.61. The molecule has 1 nitrogen and oxygen atoms in total. The summed E-state index contributed by atoms with van der Waals surface area (Å²) in [5.74, 6) is 0. The summed E-state index contributed by atoms with van der Waals surface area (Å²) in [7, 11) is 6.95. The Morgan fingerprint density at radius 2 is 1.12 bits per heavy atom. The van der Waals surface area contributed by atoms with Gasteiger partial charge in [0.1, 0.15) is 0 Å². The lowest BCUT2D eigenvalue weighted by Gasteiger charge is -2.42. The van der Waals surface area contributed by atoms with Gasteiger partial charge in [0.05, 0.1) is 27.7 Å². The highest BCUT2D eigenvalue weighted by molar-refractivity contribution is 7.60. The van der Waals surface area contributed by atoms with Crippen molar-refractivity contribution in [3.8, 4) is 0 Å². The van der Waals surface area contributed by atoms with Crippen LogP contribution in [-0.2, 0) is 0 Å². The van der Waals surface area contributed by atoms with Crippen LogP contribution in [0.2, 0.25) is 0 Å². The zero-order valence-corrected chi connectivity index (χ0v) is 14.3. The molecule has 0 saturated carbocycles. The number of quaternary nitrogens is 1. The highest BCUT2D eigenvalue weighted by atomic mass is 35.5. The fourth-order valence-corrected chi connectivity index (χ4v) is 6.23. The SMILES string of the molecule is CC(C)(C)P(CC[N+](C)(C)C)C(C)(C)C.[Cl-]. The third-order valence-corrected chi connectivity index (χ3v) is 6.50. The van der Waals surface area contributed by atoms with E-state index in [2.05, 4.69) is 62.7 Å². The van der Waals surface area contributed by atoms with Gasteiger partial charge in [0, 0.05) is 6.16 Å². The van der Waals surface area contributed by atoms with Crippen LogP contribution in [-0.4, -0.2) is 48.6 Å². The molecule has 0 saturated heterocycles. The van der Waals surface area contributed by atoms with Crippen molar-refractivity contribution in [1.82, 2.24) is 0 Å². The van der Waals surface area contributed by atoms with E-state index in [0.717, 1.165) is 4.48 Å². The van der Waals surface area contributed by atoms with Crippen molar-refractivity contribution in [1.29, 1.82) is 0 Å². The number of rotatable bonds is 3. The lowest BCUT2D eigenvalue weighted by atomic mass is 10.2. The van der Waals surface area contributed by atoms with Crippen molar-refractivity contribution in [2.24, 2.45) is 0 Å². The topological polar surface area (TPSA) is 0 Å². The van der Waals surface area contributed by atoms with Gasteiger partial charge < -0.3 is 16.9 Å². The number of halogens is 1. The Morgan fingerprint density at radius 3 is 1.31 bits per heavy atom. The van der Waals surface area contributed by atoms with E-state index in [4.69, 9.17) is 0 Å². The van der Waals surface area contributed by atoms with Crippen LogP contribution < -0.4 is 12.4 Å². The molecule has 0 spiro atoms. The molecule has 0 rings (SSSR count). The molecule has 16 heavy (non-hydrogen) atoms. The van der Waals surface area contributed by atoms with E-state index in [-0.39, 0.29) is 20.3 Å². The Balaban J connectivity index is 0. The molecule has 0 aromatic carbocycles. The molecule has 0 radical (unpaired) electrons. The van der Waals surface area contributed by atoms with Gasteiger partial charge in [-0.25, -0.2) is 0 Å². The van der Waals surface area contributed by atoms with E-state index in [1.54, 1.807) is 0 Å². The maximum atomic E-state index is 2.40. The van der Waals surface area contributed by atoms with Crippen LogP contribution in [0.15, 0.2) is 0 Å². The number of hydrogen-bond donors (Lipinski definition) is 0. The maximum Gasteiger partial charge on any atom is 0.0820 e. The summed E-state index contributed by atoms with van der Waals surface area (Å²) >= 11 is 0. The Labute approximate surface area is 111 Å². The predicted octanol–water partition coefficient (Wildman–Crippen LogP) is 0.776. The number of hydrogen-bond acceptors (Lipinski definition) is 0. The molecule has 0 aliphatic rings. The second-order valence-electron chi connectivity index (χ2n) is 7.51. The first-order valence-corrected chi connectivity index (χ1v) is 7.45. The van der Waals surface area contributed by atoms with Crippen molar-refractivity contribution in [3.05, 3.63) is 0 Å². The van der Waals surface area contributed by atoms with Gasteiger partial charge in [0.25, 0.3) is 0 Å².